The molecule has 18 heavy (non-hydrogen) atoms. The van der Waals surface area contributed by atoms with Crippen LogP contribution < -0.4 is 0 Å². The van der Waals surface area contributed by atoms with Gasteiger partial charge in [-0.1, -0.05) is 31.0 Å². The summed E-state index contributed by atoms with van der Waals surface area (Å²) < 4.78 is 0. The van der Waals surface area contributed by atoms with Crippen molar-refractivity contribution in [3.63, 3.8) is 0 Å². The summed E-state index contributed by atoms with van der Waals surface area (Å²) in [6.07, 6.45) is 6.61. The van der Waals surface area contributed by atoms with E-state index in [-0.39, 0.29) is 5.91 Å². The minimum Gasteiger partial charge on any atom is -0.360 e. The zero-order valence-corrected chi connectivity index (χ0v) is 10.6. The summed E-state index contributed by atoms with van der Waals surface area (Å²) in [6, 6.07) is 8.38. The Kier molecular flexibility index (Phi) is 2.82. The van der Waals surface area contributed by atoms with Crippen molar-refractivity contribution in [3.8, 4) is 0 Å². The van der Waals surface area contributed by atoms with Gasteiger partial charge in [-0.25, -0.2) is 0 Å². The Morgan fingerprint density at radius 2 is 2.00 bits per heavy atom. The molecule has 0 unspecified atom stereocenters. The maximum atomic E-state index is 12.5. The number of fused-ring (bicyclic) bond motifs is 1. The van der Waals surface area contributed by atoms with E-state index in [4.69, 9.17) is 0 Å². The number of benzene rings is 1. The smallest absolute Gasteiger partial charge is 0.256 e. The van der Waals surface area contributed by atoms with E-state index in [1.54, 1.807) is 0 Å². The van der Waals surface area contributed by atoms with Crippen LogP contribution in [-0.4, -0.2) is 28.9 Å². The van der Waals surface area contributed by atoms with Crippen molar-refractivity contribution >= 4 is 16.8 Å². The first kappa shape index (κ1) is 11.3. The second kappa shape index (κ2) is 4.48. The van der Waals surface area contributed by atoms with Gasteiger partial charge in [-0.2, -0.15) is 0 Å². The summed E-state index contributed by atoms with van der Waals surface area (Å²) in [4.78, 5) is 17.6. The Morgan fingerprint density at radius 1 is 1.28 bits per heavy atom. The molecule has 94 valence electrons. The van der Waals surface area contributed by atoms with Crippen molar-refractivity contribution < 1.29 is 4.79 Å². The maximum absolute atomic E-state index is 12.5. The van der Waals surface area contributed by atoms with Crippen LogP contribution in [0.25, 0.3) is 10.9 Å². The topological polar surface area (TPSA) is 36.1 Å². The number of H-pyrrole nitrogens is 1. The lowest BCUT2D eigenvalue weighted by molar-refractivity contribution is 0.0737. The average molecular weight is 242 g/mol. The molecule has 1 aromatic carbocycles. The molecule has 1 aliphatic carbocycles. The first-order valence-electron chi connectivity index (χ1n) is 6.60. The molecular weight excluding hydrogens is 224 g/mol. The molecule has 1 saturated carbocycles. The standard InChI is InChI=1S/C15H18N2O/c1-17(11-6-2-3-7-11)15(18)13-10-16-14-9-5-4-8-12(13)14/h4-5,8-11,16H,2-3,6-7H2,1H3. The second-order valence-electron chi connectivity index (χ2n) is 5.10. The van der Waals surface area contributed by atoms with E-state index in [1.165, 1.54) is 12.8 Å². The number of carbonyl (C=O) groups excluding carboxylic acids is 1. The highest BCUT2D eigenvalue weighted by molar-refractivity contribution is 6.06. The van der Waals surface area contributed by atoms with E-state index in [9.17, 15) is 4.79 Å². The van der Waals surface area contributed by atoms with Crippen molar-refractivity contribution in [2.24, 2.45) is 0 Å². The molecule has 1 fully saturated rings. The lowest BCUT2D eigenvalue weighted by Crippen LogP contribution is -2.35. The summed E-state index contributed by atoms with van der Waals surface area (Å²) in [6.45, 7) is 0. The van der Waals surface area contributed by atoms with E-state index in [0.29, 0.717) is 6.04 Å². The largest absolute Gasteiger partial charge is 0.360 e. The number of hydrogen-bond donors (Lipinski definition) is 1. The fourth-order valence-corrected chi connectivity index (χ4v) is 2.90. The van der Waals surface area contributed by atoms with Gasteiger partial charge in [0.1, 0.15) is 0 Å². The molecule has 0 bridgehead atoms. The van der Waals surface area contributed by atoms with Gasteiger partial charge in [-0.05, 0) is 18.9 Å². The number of rotatable bonds is 2. The van der Waals surface area contributed by atoms with Gasteiger partial charge in [0.05, 0.1) is 5.56 Å². The quantitative estimate of drug-likeness (QED) is 0.862. The molecule has 0 saturated heterocycles. The molecule has 1 heterocycles. The Hall–Kier alpha value is -1.77. The summed E-state index contributed by atoms with van der Waals surface area (Å²) >= 11 is 0. The van der Waals surface area contributed by atoms with E-state index in [1.807, 2.05) is 42.4 Å². The molecule has 1 aromatic heterocycles. The van der Waals surface area contributed by atoms with Gasteiger partial charge in [0.15, 0.2) is 0 Å². The van der Waals surface area contributed by atoms with E-state index in [2.05, 4.69) is 4.98 Å². The summed E-state index contributed by atoms with van der Waals surface area (Å²) in [5, 5.41) is 1.02. The Labute approximate surface area is 107 Å². The zero-order chi connectivity index (χ0) is 12.5. The van der Waals surface area contributed by atoms with Crippen molar-refractivity contribution in [2.45, 2.75) is 31.7 Å². The van der Waals surface area contributed by atoms with Crippen LogP contribution in [0, 0.1) is 0 Å². The highest BCUT2D eigenvalue weighted by atomic mass is 16.2. The Morgan fingerprint density at radius 3 is 2.78 bits per heavy atom. The van der Waals surface area contributed by atoms with E-state index < -0.39 is 0 Å². The van der Waals surface area contributed by atoms with Crippen LogP contribution in [0.3, 0.4) is 0 Å². The molecule has 0 aliphatic heterocycles. The summed E-state index contributed by atoms with van der Waals surface area (Å²) in [5.74, 6) is 0.138. The fourth-order valence-electron chi connectivity index (χ4n) is 2.90. The summed E-state index contributed by atoms with van der Waals surface area (Å²) in [7, 11) is 1.93. The lowest BCUT2D eigenvalue weighted by atomic mass is 10.1. The van der Waals surface area contributed by atoms with Gasteiger partial charge in [0, 0.05) is 30.2 Å². The predicted molar refractivity (Wildman–Crippen MR) is 72.6 cm³/mol. The van der Waals surface area contributed by atoms with Crippen molar-refractivity contribution in [1.29, 1.82) is 0 Å². The van der Waals surface area contributed by atoms with Crippen LogP contribution in [0.2, 0.25) is 0 Å². The molecule has 3 heteroatoms. The normalized spacial score (nSPS) is 16.3. The molecule has 0 spiro atoms. The molecule has 3 rings (SSSR count). The molecule has 0 atom stereocenters. The number of para-hydroxylation sites is 1. The first-order valence-corrected chi connectivity index (χ1v) is 6.60. The minimum absolute atomic E-state index is 0.138. The molecule has 3 nitrogen and oxygen atoms in total. The van der Waals surface area contributed by atoms with Gasteiger partial charge < -0.3 is 9.88 Å². The van der Waals surface area contributed by atoms with Crippen LogP contribution in [0.5, 0.6) is 0 Å². The minimum atomic E-state index is 0.138. The Balaban J connectivity index is 1.91. The van der Waals surface area contributed by atoms with Crippen LogP contribution in [0.15, 0.2) is 30.5 Å². The lowest BCUT2D eigenvalue weighted by Gasteiger charge is -2.24. The number of nitrogens with one attached hydrogen (secondary N) is 1. The maximum Gasteiger partial charge on any atom is 0.256 e. The monoisotopic (exact) mass is 242 g/mol. The second-order valence-corrected chi connectivity index (χ2v) is 5.10. The van der Waals surface area contributed by atoms with Crippen molar-refractivity contribution in [2.75, 3.05) is 7.05 Å². The first-order chi connectivity index (χ1) is 8.77. The van der Waals surface area contributed by atoms with Crippen molar-refractivity contribution in [1.82, 2.24) is 9.88 Å². The highest BCUT2D eigenvalue weighted by Gasteiger charge is 2.25. The zero-order valence-electron chi connectivity index (χ0n) is 10.6. The average Bonchev–Trinajstić information content (AvgIpc) is 3.06. The number of nitrogens with zero attached hydrogens (tertiary/aromatic N) is 1. The number of aromatic nitrogens is 1. The molecule has 2 aromatic rings. The molecular formula is C15H18N2O. The molecule has 1 N–H and O–H groups in total. The fraction of sp³-hybridized carbons (Fsp3) is 0.400. The van der Waals surface area contributed by atoms with E-state index in [0.717, 1.165) is 29.3 Å². The molecule has 0 radical (unpaired) electrons. The van der Waals surface area contributed by atoms with Crippen LogP contribution >= 0.6 is 0 Å². The molecule has 1 aliphatic rings. The van der Waals surface area contributed by atoms with Crippen molar-refractivity contribution in [3.05, 3.63) is 36.0 Å². The van der Waals surface area contributed by atoms with E-state index >= 15 is 0 Å². The van der Waals surface area contributed by atoms with Gasteiger partial charge >= 0.3 is 0 Å². The number of carbonyl (C=O) groups is 1. The van der Waals surface area contributed by atoms with Gasteiger partial charge in [0.25, 0.3) is 5.91 Å². The third-order valence-corrected chi connectivity index (χ3v) is 4.01. The SMILES string of the molecule is CN(C(=O)c1c[nH]c2ccccc12)C1CCCC1. The van der Waals surface area contributed by atoms with Crippen LogP contribution in [-0.2, 0) is 0 Å². The van der Waals surface area contributed by atoms with Gasteiger partial charge in [-0.15, -0.1) is 0 Å². The van der Waals surface area contributed by atoms with Gasteiger partial charge in [-0.3, -0.25) is 4.79 Å². The Bertz CT molecular complexity index is 567. The van der Waals surface area contributed by atoms with Gasteiger partial charge in [0.2, 0.25) is 0 Å². The highest BCUT2D eigenvalue weighted by Crippen LogP contribution is 2.25. The third-order valence-electron chi connectivity index (χ3n) is 4.01. The predicted octanol–water partition coefficient (Wildman–Crippen LogP) is 3.18. The number of aromatic amines is 1. The third kappa shape index (κ3) is 1.80. The van der Waals surface area contributed by atoms with Crippen LogP contribution in [0.4, 0.5) is 0 Å². The molecule has 1 amide bonds. The summed E-state index contributed by atoms with van der Waals surface area (Å²) in [5.41, 5.74) is 1.82. The number of hydrogen-bond acceptors (Lipinski definition) is 1. The number of amides is 1. The van der Waals surface area contributed by atoms with Crippen LogP contribution in [0.1, 0.15) is 36.0 Å².